The molecule has 0 amide bonds. The first-order valence-corrected chi connectivity index (χ1v) is 6.99. The molecule has 4 heteroatoms. The molecule has 108 valence electrons. The minimum absolute atomic E-state index is 0.0206. The number of benzene rings is 1. The lowest BCUT2D eigenvalue weighted by molar-refractivity contribution is 0.407. The van der Waals surface area contributed by atoms with E-state index in [1.165, 1.54) is 0 Å². The van der Waals surface area contributed by atoms with Gasteiger partial charge in [-0.2, -0.15) is 0 Å². The van der Waals surface area contributed by atoms with E-state index in [9.17, 15) is 0 Å². The van der Waals surface area contributed by atoms with E-state index in [1.807, 2.05) is 30.7 Å². The van der Waals surface area contributed by atoms with Crippen LogP contribution in [0.3, 0.4) is 0 Å². The smallest absolute Gasteiger partial charge is 0.123 e. The molecule has 0 saturated carbocycles. The fourth-order valence-electron chi connectivity index (χ4n) is 2.42. The van der Waals surface area contributed by atoms with Gasteiger partial charge in [-0.05, 0) is 18.4 Å². The number of rotatable bonds is 6. The Morgan fingerprint density at radius 1 is 1.30 bits per heavy atom. The molecule has 2 aromatic rings. The monoisotopic (exact) mass is 273 g/mol. The van der Waals surface area contributed by atoms with Crippen molar-refractivity contribution in [3.05, 3.63) is 48.0 Å². The van der Waals surface area contributed by atoms with Crippen molar-refractivity contribution in [2.45, 2.75) is 32.9 Å². The fourth-order valence-corrected chi connectivity index (χ4v) is 2.42. The first-order chi connectivity index (χ1) is 9.61. The third-order valence-corrected chi connectivity index (χ3v) is 3.38. The van der Waals surface area contributed by atoms with Crippen molar-refractivity contribution in [2.75, 3.05) is 7.11 Å². The first kappa shape index (κ1) is 14.6. The quantitative estimate of drug-likeness (QED) is 0.880. The van der Waals surface area contributed by atoms with Gasteiger partial charge in [0, 0.05) is 17.8 Å². The maximum Gasteiger partial charge on any atom is 0.123 e. The topological polar surface area (TPSA) is 53.1 Å². The predicted octanol–water partition coefficient (Wildman–Crippen LogP) is 2.99. The minimum atomic E-state index is 0.0206. The lowest BCUT2D eigenvalue weighted by Crippen LogP contribution is -2.17. The second-order valence-corrected chi connectivity index (χ2v) is 5.49. The molecule has 1 atom stereocenters. The Bertz CT molecular complexity index is 548. The molecule has 0 aliphatic carbocycles. The van der Waals surface area contributed by atoms with Crippen molar-refractivity contribution < 1.29 is 4.74 Å². The maximum absolute atomic E-state index is 6.27. The van der Waals surface area contributed by atoms with Gasteiger partial charge in [0.1, 0.15) is 5.75 Å². The summed E-state index contributed by atoms with van der Waals surface area (Å²) >= 11 is 0. The Labute approximate surface area is 120 Å². The number of nitrogens with two attached hydrogens (primary N) is 1. The molecule has 0 aliphatic heterocycles. The van der Waals surface area contributed by atoms with E-state index in [1.54, 1.807) is 7.11 Å². The van der Waals surface area contributed by atoms with Crippen molar-refractivity contribution in [1.82, 2.24) is 9.55 Å². The van der Waals surface area contributed by atoms with Gasteiger partial charge in [0.05, 0.1) is 25.7 Å². The number of nitrogens with zero attached hydrogens (tertiary/aromatic N) is 2. The van der Waals surface area contributed by atoms with Crippen molar-refractivity contribution in [2.24, 2.45) is 11.7 Å². The average Bonchev–Trinajstić information content (AvgIpc) is 2.87. The van der Waals surface area contributed by atoms with Crippen molar-refractivity contribution >= 4 is 0 Å². The van der Waals surface area contributed by atoms with Crippen LogP contribution in [0.4, 0.5) is 0 Å². The molecule has 4 nitrogen and oxygen atoms in total. The second-order valence-electron chi connectivity index (χ2n) is 5.49. The van der Waals surface area contributed by atoms with Crippen LogP contribution in [0.5, 0.6) is 5.75 Å². The van der Waals surface area contributed by atoms with Gasteiger partial charge in [0.25, 0.3) is 0 Å². The summed E-state index contributed by atoms with van der Waals surface area (Å²) in [5.41, 5.74) is 8.48. The van der Waals surface area contributed by atoms with Gasteiger partial charge in [-0.3, -0.25) is 0 Å². The van der Waals surface area contributed by atoms with Crippen LogP contribution in [0.25, 0.3) is 0 Å². The molecular formula is C16H23N3O. The van der Waals surface area contributed by atoms with Crippen LogP contribution in [0.15, 0.2) is 36.8 Å². The van der Waals surface area contributed by atoms with Gasteiger partial charge in [-0.1, -0.05) is 32.0 Å². The number of aromatic nitrogens is 2. The molecule has 1 unspecified atom stereocenters. The van der Waals surface area contributed by atoms with Crippen LogP contribution in [0, 0.1) is 5.92 Å². The zero-order valence-corrected chi connectivity index (χ0v) is 12.4. The van der Waals surface area contributed by atoms with E-state index in [0.29, 0.717) is 5.92 Å². The highest BCUT2D eigenvalue weighted by molar-refractivity contribution is 5.33. The number of imidazole rings is 1. The summed E-state index contributed by atoms with van der Waals surface area (Å²) in [6.07, 6.45) is 4.65. The molecular weight excluding hydrogens is 250 g/mol. The highest BCUT2D eigenvalue weighted by Crippen LogP contribution is 2.22. The van der Waals surface area contributed by atoms with Crippen molar-refractivity contribution in [3.63, 3.8) is 0 Å². The molecule has 1 heterocycles. The van der Waals surface area contributed by atoms with Gasteiger partial charge in [0.2, 0.25) is 0 Å². The summed E-state index contributed by atoms with van der Waals surface area (Å²) in [6, 6.07) is 8.05. The lowest BCUT2D eigenvalue weighted by Gasteiger charge is -2.17. The van der Waals surface area contributed by atoms with Gasteiger partial charge in [0.15, 0.2) is 0 Å². The zero-order chi connectivity index (χ0) is 14.5. The third-order valence-electron chi connectivity index (χ3n) is 3.38. The summed E-state index contributed by atoms with van der Waals surface area (Å²) in [7, 11) is 1.69. The summed E-state index contributed by atoms with van der Waals surface area (Å²) in [6.45, 7) is 5.09. The predicted molar refractivity (Wildman–Crippen MR) is 80.7 cm³/mol. The Kier molecular flexibility index (Phi) is 4.79. The summed E-state index contributed by atoms with van der Waals surface area (Å²) in [5.74, 6) is 1.46. The number of hydrogen-bond acceptors (Lipinski definition) is 3. The SMILES string of the molecule is COc1ccccc1Cn1cncc1C(N)CC(C)C. The highest BCUT2D eigenvalue weighted by atomic mass is 16.5. The summed E-state index contributed by atoms with van der Waals surface area (Å²) in [5, 5.41) is 0. The fraction of sp³-hybridized carbons (Fsp3) is 0.438. The van der Waals surface area contributed by atoms with Gasteiger partial charge < -0.3 is 15.0 Å². The molecule has 0 saturated heterocycles. The minimum Gasteiger partial charge on any atom is -0.496 e. The van der Waals surface area contributed by atoms with Crippen molar-refractivity contribution in [1.29, 1.82) is 0 Å². The summed E-state index contributed by atoms with van der Waals surface area (Å²) in [4.78, 5) is 4.24. The molecule has 0 spiro atoms. The van der Waals surface area contributed by atoms with E-state index < -0.39 is 0 Å². The third kappa shape index (κ3) is 3.39. The zero-order valence-electron chi connectivity index (χ0n) is 12.4. The highest BCUT2D eigenvalue weighted by Gasteiger charge is 2.14. The maximum atomic E-state index is 6.27. The molecule has 1 aromatic heterocycles. The van der Waals surface area contributed by atoms with Crippen LogP contribution in [-0.2, 0) is 6.54 Å². The number of hydrogen-bond donors (Lipinski definition) is 1. The Balaban J connectivity index is 2.20. The molecule has 0 bridgehead atoms. The molecule has 2 N–H and O–H groups in total. The van der Waals surface area contributed by atoms with Gasteiger partial charge in [-0.25, -0.2) is 4.98 Å². The Hall–Kier alpha value is -1.81. The largest absolute Gasteiger partial charge is 0.496 e. The second kappa shape index (κ2) is 6.57. The normalized spacial score (nSPS) is 12.7. The van der Waals surface area contributed by atoms with Crippen LogP contribution >= 0.6 is 0 Å². The molecule has 0 fully saturated rings. The van der Waals surface area contributed by atoms with Crippen LogP contribution < -0.4 is 10.5 Å². The van der Waals surface area contributed by atoms with Crippen LogP contribution in [-0.4, -0.2) is 16.7 Å². The van der Waals surface area contributed by atoms with E-state index in [2.05, 4.69) is 29.5 Å². The number of ether oxygens (including phenoxy) is 1. The first-order valence-electron chi connectivity index (χ1n) is 6.99. The lowest BCUT2D eigenvalue weighted by atomic mass is 10.0. The summed E-state index contributed by atoms with van der Waals surface area (Å²) < 4.78 is 7.50. The molecule has 1 aromatic carbocycles. The Morgan fingerprint density at radius 3 is 2.75 bits per heavy atom. The van der Waals surface area contributed by atoms with E-state index in [4.69, 9.17) is 10.5 Å². The molecule has 0 radical (unpaired) electrons. The van der Waals surface area contributed by atoms with Crippen LogP contribution in [0.1, 0.15) is 37.6 Å². The average molecular weight is 273 g/mol. The van der Waals surface area contributed by atoms with E-state index in [-0.39, 0.29) is 6.04 Å². The number of methoxy groups -OCH3 is 1. The van der Waals surface area contributed by atoms with Gasteiger partial charge >= 0.3 is 0 Å². The standard InChI is InChI=1S/C16H23N3O/c1-12(2)8-14(17)15-9-18-11-19(15)10-13-6-4-5-7-16(13)20-3/h4-7,9,11-12,14H,8,10,17H2,1-3H3. The molecule has 20 heavy (non-hydrogen) atoms. The Morgan fingerprint density at radius 2 is 2.05 bits per heavy atom. The van der Waals surface area contributed by atoms with Crippen LogP contribution in [0.2, 0.25) is 0 Å². The van der Waals surface area contributed by atoms with E-state index in [0.717, 1.165) is 30.0 Å². The molecule has 0 aliphatic rings. The van der Waals surface area contributed by atoms with Crippen molar-refractivity contribution in [3.8, 4) is 5.75 Å². The molecule has 2 rings (SSSR count). The van der Waals surface area contributed by atoms with Gasteiger partial charge in [-0.15, -0.1) is 0 Å². The van der Waals surface area contributed by atoms with E-state index >= 15 is 0 Å². The number of para-hydroxylation sites is 1.